The summed E-state index contributed by atoms with van der Waals surface area (Å²) in [7, 11) is 1.97. The number of carbonyl (C=O) groups excluding carboxylic acids is 2. The number of rotatable bonds is 5. The molecule has 2 saturated carbocycles. The minimum Gasteiger partial charge on any atom is -0.353 e. The maximum Gasteiger partial charge on any atom is 0.239 e. The highest BCUT2D eigenvalue weighted by Gasteiger charge is 2.43. The van der Waals surface area contributed by atoms with Gasteiger partial charge in [0.25, 0.3) is 0 Å². The lowest BCUT2D eigenvalue weighted by molar-refractivity contribution is -0.135. The topological polar surface area (TPSA) is 87.5 Å². The van der Waals surface area contributed by atoms with Crippen molar-refractivity contribution in [3.63, 3.8) is 0 Å². The second-order valence-corrected chi connectivity index (χ2v) is 8.71. The second kappa shape index (κ2) is 8.70. The van der Waals surface area contributed by atoms with Crippen LogP contribution in [0.4, 0.5) is 0 Å². The molecule has 3 fully saturated rings. The van der Waals surface area contributed by atoms with Crippen LogP contribution in [0.25, 0.3) is 0 Å². The number of hydrogen-bond acceptors (Lipinski definition) is 4. The van der Waals surface area contributed by atoms with Gasteiger partial charge in [-0.3, -0.25) is 9.59 Å². The molecule has 3 rings (SSSR count). The number of nitrogens with two attached hydrogens (primary N) is 1. The molecular formula is C20H36N4O2. The smallest absolute Gasteiger partial charge is 0.239 e. The van der Waals surface area contributed by atoms with E-state index in [1.165, 1.54) is 19.3 Å². The summed E-state index contributed by atoms with van der Waals surface area (Å²) in [5.41, 5.74) is 5.43. The van der Waals surface area contributed by atoms with Crippen molar-refractivity contribution in [1.82, 2.24) is 15.5 Å². The summed E-state index contributed by atoms with van der Waals surface area (Å²) in [6.07, 6.45) is 9.07. The highest BCUT2D eigenvalue weighted by molar-refractivity contribution is 5.82. The van der Waals surface area contributed by atoms with E-state index in [4.69, 9.17) is 5.73 Å². The quantitative estimate of drug-likeness (QED) is 0.688. The Morgan fingerprint density at radius 2 is 1.88 bits per heavy atom. The highest BCUT2D eigenvalue weighted by atomic mass is 16.2. The van der Waals surface area contributed by atoms with Crippen LogP contribution in [0.2, 0.25) is 0 Å². The van der Waals surface area contributed by atoms with Crippen LogP contribution in [0.3, 0.4) is 0 Å². The number of likely N-dealkylation sites (N-methyl/N-ethyl adjacent to an activating group) is 1. The average Bonchev–Trinajstić information content (AvgIpc) is 3.07. The molecule has 1 heterocycles. The van der Waals surface area contributed by atoms with Crippen molar-refractivity contribution in [1.29, 1.82) is 0 Å². The minimum atomic E-state index is -0.00229. The van der Waals surface area contributed by atoms with Crippen molar-refractivity contribution >= 4 is 11.8 Å². The number of amides is 2. The Bertz CT molecular complexity index is 504. The van der Waals surface area contributed by atoms with Gasteiger partial charge in [-0.15, -0.1) is 0 Å². The van der Waals surface area contributed by atoms with Crippen molar-refractivity contribution in [2.75, 3.05) is 13.6 Å². The van der Waals surface area contributed by atoms with Crippen LogP contribution < -0.4 is 16.4 Å². The highest BCUT2D eigenvalue weighted by Crippen LogP contribution is 2.37. The summed E-state index contributed by atoms with van der Waals surface area (Å²) in [6, 6.07) is 1.06. The van der Waals surface area contributed by atoms with Crippen molar-refractivity contribution in [2.24, 2.45) is 17.6 Å². The standard InChI is InChI=1S/C20H36N4O2/c1-13-4-3-5-14-12-17(23-19(13)14)20(26)24(2)16-8-6-15(7-9-16)22-18(25)10-11-21/h13-17,19,23H,3-12,21H2,1-2H3,(H,22,25). The van der Waals surface area contributed by atoms with E-state index < -0.39 is 0 Å². The normalized spacial score (nSPS) is 37.0. The molecule has 4 atom stereocenters. The van der Waals surface area contributed by atoms with Gasteiger partial charge in [-0.1, -0.05) is 13.3 Å². The van der Waals surface area contributed by atoms with Gasteiger partial charge in [0.1, 0.15) is 0 Å². The van der Waals surface area contributed by atoms with Crippen LogP contribution in [-0.2, 0) is 9.59 Å². The zero-order valence-corrected chi connectivity index (χ0v) is 16.4. The second-order valence-electron chi connectivity index (χ2n) is 8.71. The van der Waals surface area contributed by atoms with Crippen molar-refractivity contribution in [3.05, 3.63) is 0 Å². The zero-order chi connectivity index (χ0) is 18.7. The van der Waals surface area contributed by atoms with E-state index in [0.29, 0.717) is 36.9 Å². The fourth-order valence-electron chi connectivity index (χ4n) is 5.33. The molecule has 4 N–H and O–H groups in total. The van der Waals surface area contributed by atoms with E-state index in [2.05, 4.69) is 17.6 Å². The van der Waals surface area contributed by atoms with E-state index in [1.807, 2.05) is 11.9 Å². The molecule has 0 bridgehead atoms. The Hall–Kier alpha value is -1.14. The molecule has 6 heteroatoms. The van der Waals surface area contributed by atoms with E-state index >= 15 is 0 Å². The summed E-state index contributed by atoms with van der Waals surface area (Å²) >= 11 is 0. The minimum absolute atomic E-state index is 0.00229. The summed E-state index contributed by atoms with van der Waals surface area (Å²) in [5.74, 6) is 1.67. The van der Waals surface area contributed by atoms with Gasteiger partial charge in [0, 0.05) is 38.1 Å². The van der Waals surface area contributed by atoms with Gasteiger partial charge in [0.05, 0.1) is 6.04 Å². The summed E-state index contributed by atoms with van der Waals surface area (Å²) < 4.78 is 0. The van der Waals surface area contributed by atoms with E-state index in [1.54, 1.807) is 0 Å². The molecule has 2 amide bonds. The van der Waals surface area contributed by atoms with E-state index in [9.17, 15) is 9.59 Å². The third-order valence-corrected chi connectivity index (χ3v) is 6.91. The maximum atomic E-state index is 13.0. The molecule has 1 saturated heterocycles. The monoisotopic (exact) mass is 364 g/mol. The predicted octanol–water partition coefficient (Wildman–Crippen LogP) is 1.39. The van der Waals surface area contributed by atoms with Gasteiger partial charge >= 0.3 is 0 Å². The van der Waals surface area contributed by atoms with Crippen LogP contribution in [0.5, 0.6) is 0 Å². The molecule has 4 unspecified atom stereocenters. The maximum absolute atomic E-state index is 13.0. The van der Waals surface area contributed by atoms with Crippen molar-refractivity contribution in [3.8, 4) is 0 Å². The first kappa shape index (κ1) is 19.6. The lowest BCUT2D eigenvalue weighted by Crippen LogP contribution is -2.50. The Labute approximate surface area is 157 Å². The molecule has 2 aliphatic carbocycles. The first-order chi connectivity index (χ1) is 12.5. The molecule has 1 aliphatic heterocycles. The first-order valence-electron chi connectivity index (χ1n) is 10.5. The Morgan fingerprint density at radius 3 is 2.54 bits per heavy atom. The molecule has 3 aliphatic rings. The molecule has 148 valence electrons. The number of nitrogens with zero attached hydrogens (tertiary/aromatic N) is 1. The van der Waals surface area contributed by atoms with Crippen molar-refractivity contribution in [2.45, 2.75) is 88.9 Å². The molecule has 6 nitrogen and oxygen atoms in total. The summed E-state index contributed by atoms with van der Waals surface area (Å²) in [5, 5.41) is 6.72. The van der Waals surface area contributed by atoms with Gasteiger partial charge in [-0.25, -0.2) is 0 Å². The molecule has 26 heavy (non-hydrogen) atoms. The predicted molar refractivity (Wildman–Crippen MR) is 102 cm³/mol. The van der Waals surface area contributed by atoms with E-state index in [0.717, 1.165) is 32.1 Å². The lowest BCUT2D eigenvalue weighted by Gasteiger charge is -2.36. The van der Waals surface area contributed by atoms with Crippen LogP contribution in [0.15, 0.2) is 0 Å². The molecule has 0 aromatic carbocycles. The molecule has 0 spiro atoms. The zero-order valence-electron chi connectivity index (χ0n) is 16.4. The third kappa shape index (κ3) is 4.39. The fourth-order valence-corrected chi connectivity index (χ4v) is 5.33. The van der Waals surface area contributed by atoms with Gasteiger partial charge in [-0.05, 0) is 56.8 Å². The molecule has 0 aromatic heterocycles. The van der Waals surface area contributed by atoms with Crippen molar-refractivity contribution < 1.29 is 9.59 Å². The summed E-state index contributed by atoms with van der Waals surface area (Å²) in [4.78, 5) is 26.7. The number of nitrogens with one attached hydrogen (secondary N) is 2. The lowest BCUT2D eigenvalue weighted by atomic mass is 9.78. The summed E-state index contributed by atoms with van der Waals surface area (Å²) in [6.45, 7) is 2.72. The van der Waals surface area contributed by atoms with Crippen LogP contribution in [-0.4, -0.2) is 54.5 Å². The Balaban J connectivity index is 1.47. The SMILES string of the molecule is CC1CCCC2CC(C(=O)N(C)C3CCC(NC(=O)CCN)CC3)NC12. The van der Waals surface area contributed by atoms with Gasteiger partial charge in [0.15, 0.2) is 0 Å². The number of hydrogen-bond donors (Lipinski definition) is 3. The van der Waals surface area contributed by atoms with Gasteiger partial charge in [-0.2, -0.15) is 0 Å². The Kier molecular flexibility index (Phi) is 6.56. The van der Waals surface area contributed by atoms with Gasteiger partial charge < -0.3 is 21.3 Å². The van der Waals surface area contributed by atoms with Crippen LogP contribution >= 0.6 is 0 Å². The Morgan fingerprint density at radius 1 is 1.15 bits per heavy atom. The van der Waals surface area contributed by atoms with Gasteiger partial charge in [0.2, 0.25) is 11.8 Å². The molecule has 0 radical (unpaired) electrons. The van der Waals surface area contributed by atoms with Crippen LogP contribution in [0, 0.1) is 11.8 Å². The molecular weight excluding hydrogens is 328 g/mol. The number of fused-ring (bicyclic) bond motifs is 1. The molecule has 0 aromatic rings. The first-order valence-corrected chi connectivity index (χ1v) is 10.5. The number of carbonyl (C=O) groups is 2. The average molecular weight is 365 g/mol. The third-order valence-electron chi connectivity index (χ3n) is 6.91. The van der Waals surface area contributed by atoms with Crippen LogP contribution in [0.1, 0.15) is 64.7 Å². The fraction of sp³-hybridized carbons (Fsp3) is 0.900. The largest absolute Gasteiger partial charge is 0.353 e. The van der Waals surface area contributed by atoms with E-state index in [-0.39, 0.29) is 23.9 Å².